The molecule has 1 fully saturated rings. The minimum absolute atomic E-state index is 0.0389. The lowest BCUT2D eigenvalue weighted by atomic mass is 9.74. The fraction of sp³-hybridized carbons (Fsp3) is 0.619. The number of morpholine rings is 1. The average molecular weight is 442 g/mol. The molecule has 31 heavy (non-hydrogen) atoms. The van der Waals surface area contributed by atoms with Gasteiger partial charge in [0.05, 0.1) is 25.7 Å². The quantitative estimate of drug-likeness (QED) is 0.511. The highest BCUT2D eigenvalue weighted by Crippen LogP contribution is 2.53. The number of alkyl halides is 3. The summed E-state index contributed by atoms with van der Waals surface area (Å²) in [5.41, 5.74) is 1.27. The molecule has 3 aliphatic rings. The molecule has 10 heteroatoms. The molecule has 1 saturated heterocycles. The molecule has 1 aromatic carbocycles. The van der Waals surface area contributed by atoms with Gasteiger partial charge in [0.1, 0.15) is 0 Å². The molecule has 170 valence electrons. The van der Waals surface area contributed by atoms with Crippen molar-refractivity contribution in [1.29, 1.82) is 0 Å². The van der Waals surface area contributed by atoms with E-state index in [0.717, 1.165) is 5.70 Å². The maximum absolute atomic E-state index is 14.0. The highest BCUT2D eigenvalue weighted by molar-refractivity contribution is 5.51. The average Bonchev–Trinajstić information content (AvgIpc) is 3.22. The Morgan fingerprint density at radius 2 is 2.03 bits per heavy atom. The molecule has 0 unspecified atom stereocenters. The predicted molar refractivity (Wildman–Crippen MR) is 105 cm³/mol. The first kappa shape index (κ1) is 21.7. The zero-order valence-corrected chi connectivity index (χ0v) is 17.1. The van der Waals surface area contributed by atoms with E-state index in [9.17, 15) is 23.3 Å². The van der Waals surface area contributed by atoms with E-state index in [1.807, 2.05) is 6.08 Å². The van der Waals surface area contributed by atoms with Crippen molar-refractivity contribution in [3.63, 3.8) is 0 Å². The van der Waals surface area contributed by atoms with Crippen LogP contribution in [0.3, 0.4) is 0 Å². The number of fused-ring (bicyclic) bond motifs is 1. The number of hydrogen-bond donors (Lipinski definition) is 0. The topological polar surface area (TPSA) is 74.1 Å². The zero-order chi connectivity index (χ0) is 22.2. The molecule has 1 aromatic rings. The van der Waals surface area contributed by atoms with Gasteiger partial charge in [0.15, 0.2) is 11.5 Å². The van der Waals surface area contributed by atoms with Crippen LogP contribution in [0.4, 0.5) is 13.2 Å². The minimum Gasteiger partial charge on any atom is -0.490 e. The predicted octanol–water partition coefficient (Wildman–Crippen LogP) is 3.76. The van der Waals surface area contributed by atoms with E-state index >= 15 is 0 Å². The van der Waals surface area contributed by atoms with Crippen LogP contribution >= 0.6 is 0 Å². The molecule has 0 saturated carbocycles. The van der Waals surface area contributed by atoms with Crippen molar-refractivity contribution in [2.24, 2.45) is 5.92 Å². The lowest BCUT2D eigenvalue weighted by molar-refractivity contribution is -0.550. The molecule has 2 heterocycles. The number of allylic oxidation sites excluding steroid dienone is 2. The third-order valence-electron chi connectivity index (χ3n) is 6.18. The third-order valence-corrected chi connectivity index (χ3v) is 6.18. The Balaban J connectivity index is 1.82. The third kappa shape index (κ3) is 4.05. The summed E-state index contributed by atoms with van der Waals surface area (Å²) in [6, 6.07) is 2.86. The van der Waals surface area contributed by atoms with Crippen LogP contribution in [0.15, 0.2) is 30.0 Å². The van der Waals surface area contributed by atoms with Crippen LogP contribution in [-0.2, 0) is 4.74 Å². The van der Waals surface area contributed by atoms with Crippen molar-refractivity contribution in [1.82, 2.24) is 4.90 Å². The molecule has 0 amide bonds. The normalized spacial score (nSPS) is 28.5. The van der Waals surface area contributed by atoms with Crippen LogP contribution in [0, 0.1) is 16.0 Å². The van der Waals surface area contributed by atoms with Gasteiger partial charge < -0.3 is 19.1 Å². The number of para-hydroxylation sites is 1. The Bertz CT molecular complexity index is 854. The first-order chi connectivity index (χ1) is 14.8. The maximum Gasteiger partial charge on any atom is 0.432 e. The van der Waals surface area contributed by atoms with Gasteiger partial charge in [-0.1, -0.05) is 18.2 Å². The second kappa shape index (κ2) is 8.57. The van der Waals surface area contributed by atoms with Gasteiger partial charge in [-0.15, -0.1) is 0 Å². The van der Waals surface area contributed by atoms with Crippen LogP contribution in [0.25, 0.3) is 0 Å². The van der Waals surface area contributed by atoms with Gasteiger partial charge in [0.25, 0.3) is 12.1 Å². The number of ether oxygens (including phenoxy) is 3. The molecule has 0 bridgehead atoms. The van der Waals surface area contributed by atoms with Crippen LogP contribution in [0.5, 0.6) is 11.5 Å². The Hall–Kier alpha value is -2.49. The van der Waals surface area contributed by atoms with Crippen molar-refractivity contribution >= 4 is 0 Å². The van der Waals surface area contributed by atoms with Crippen LogP contribution in [-0.4, -0.2) is 61.1 Å². The van der Waals surface area contributed by atoms with Gasteiger partial charge in [-0.2, -0.15) is 13.2 Å². The number of rotatable bonds is 5. The van der Waals surface area contributed by atoms with E-state index in [1.165, 1.54) is 6.07 Å². The number of benzene rings is 1. The van der Waals surface area contributed by atoms with Gasteiger partial charge in [0, 0.05) is 35.2 Å². The van der Waals surface area contributed by atoms with Crippen LogP contribution in [0.2, 0.25) is 0 Å². The van der Waals surface area contributed by atoms with Crippen molar-refractivity contribution < 1.29 is 32.3 Å². The van der Waals surface area contributed by atoms with Gasteiger partial charge in [0.2, 0.25) is 0 Å². The van der Waals surface area contributed by atoms with Gasteiger partial charge in [-0.05, 0) is 25.8 Å². The number of nitrogens with zero attached hydrogens (tertiary/aromatic N) is 2. The monoisotopic (exact) mass is 442 g/mol. The molecule has 1 aliphatic carbocycles. The molecule has 0 N–H and O–H groups in total. The Labute approximate surface area is 177 Å². The molecular weight excluding hydrogens is 417 g/mol. The standard InChI is InChI=1S/C21H25F3N2O5/c1-2-30-16-8-4-6-14-17(13-5-3-7-15(13)25-9-11-29-12-10-25)18(26(27)28)20(21(22,23)24)31-19(14)16/h4,6-8,13,17-18,20H,2-3,5,9-12H2,1H3/t13-,17-,18+,20-/m1/s1. The first-order valence-electron chi connectivity index (χ1n) is 10.5. The fourth-order valence-electron chi connectivity index (χ4n) is 4.98. The fourth-order valence-corrected chi connectivity index (χ4v) is 4.98. The summed E-state index contributed by atoms with van der Waals surface area (Å²) in [5, 5.41) is 12.0. The van der Waals surface area contributed by atoms with E-state index in [1.54, 1.807) is 19.1 Å². The lowest BCUT2D eigenvalue weighted by Gasteiger charge is -2.41. The summed E-state index contributed by atoms with van der Waals surface area (Å²) in [7, 11) is 0. The molecule has 0 aromatic heterocycles. The van der Waals surface area contributed by atoms with E-state index in [4.69, 9.17) is 14.2 Å². The summed E-state index contributed by atoms with van der Waals surface area (Å²) < 4.78 is 58.1. The van der Waals surface area contributed by atoms with E-state index in [2.05, 4.69) is 4.90 Å². The van der Waals surface area contributed by atoms with E-state index in [0.29, 0.717) is 44.7 Å². The Morgan fingerprint density at radius 1 is 1.29 bits per heavy atom. The summed E-state index contributed by atoms with van der Waals surface area (Å²) in [5.74, 6) is -1.26. The van der Waals surface area contributed by atoms with Gasteiger partial charge >= 0.3 is 6.18 Å². The van der Waals surface area contributed by atoms with E-state index < -0.39 is 35.1 Å². The SMILES string of the molecule is CCOc1cccc2c1O[C@@H](C(F)(F)F)[C@@H]([N+](=O)[O-])[C@@H]2[C@@H]1CCC=C1N1CCOCC1. The molecule has 7 nitrogen and oxygen atoms in total. The Kier molecular flexibility index (Phi) is 6.00. The van der Waals surface area contributed by atoms with Crippen LogP contribution < -0.4 is 9.47 Å². The van der Waals surface area contributed by atoms with Crippen molar-refractivity contribution in [3.05, 3.63) is 45.6 Å². The second-order valence-electron chi connectivity index (χ2n) is 7.90. The Morgan fingerprint density at radius 3 is 2.68 bits per heavy atom. The van der Waals surface area contributed by atoms with Crippen molar-refractivity contribution in [3.8, 4) is 11.5 Å². The van der Waals surface area contributed by atoms with Gasteiger partial charge in [-0.3, -0.25) is 10.1 Å². The van der Waals surface area contributed by atoms with E-state index in [-0.39, 0.29) is 18.1 Å². The van der Waals surface area contributed by atoms with Crippen molar-refractivity contribution in [2.75, 3.05) is 32.9 Å². The largest absolute Gasteiger partial charge is 0.490 e. The number of halogens is 3. The molecule has 2 aliphatic heterocycles. The molecule has 4 atom stereocenters. The number of nitro groups is 1. The summed E-state index contributed by atoms with van der Waals surface area (Å²) in [6.45, 7) is 4.23. The molecule has 0 spiro atoms. The molecular formula is C21H25F3N2O5. The smallest absolute Gasteiger partial charge is 0.432 e. The lowest BCUT2D eigenvalue weighted by Crippen LogP contribution is -2.55. The highest BCUT2D eigenvalue weighted by atomic mass is 19.4. The molecule has 4 rings (SSSR count). The highest BCUT2D eigenvalue weighted by Gasteiger charge is 2.61. The summed E-state index contributed by atoms with van der Waals surface area (Å²) in [6.07, 6.45) is -4.24. The maximum atomic E-state index is 14.0. The zero-order valence-electron chi connectivity index (χ0n) is 17.1. The second-order valence-corrected chi connectivity index (χ2v) is 7.90. The van der Waals surface area contributed by atoms with Gasteiger partial charge in [-0.25, -0.2) is 0 Å². The summed E-state index contributed by atoms with van der Waals surface area (Å²) >= 11 is 0. The minimum atomic E-state index is -4.89. The van der Waals surface area contributed by atoms with Crippen LogP contribution in [0.1, 0.15) is 31.2 Å². The number of hydrogen-bond acceptors (Lipinski definition) is 6. The molecule has 0 radical (unpaired) electrons. The first-order valence-corrected chi connectivity index (χ1v) is 10.5. The summed E-state index contributed by atoms with van der Waals surface area (Å²) in [4.78, 5) is 13.3. The van der Waals surface area contributed by atoms with Crippen molar-refractivity contribution in [2.45, 2.75) is 44.0 Å².